The highest BCUT2D eigenvalue weighted by Crippen LogP contribution is 2.18. The Morgan fingerprint density at radius 1 is 1.21 bits per heavy atom. The fraction of sp³-hybridized carbons (Fsp3) is 0.600. The number of primary amides is 1. The topological polar surface area (TPSA) is 105 Å². The summed E-state index contributed by atoms with van der Waals surface area (Å²) < 4.78 is 0. The molecule has 166 valence electrons. The molecule has 1 aromatic carbocycles. The molecule has 7 nitrogen and oxygen atoms in total. The Labute approximate surface area is 186 Å². The summed E-state index contributed by atoms with van der Waals surface area (Å²) >= 11 is 0. The fourth-order valence-electron chi connectivity index (χ4n) is 3.54. The van der Waals surface area contributed by atoms with Crippen LogP contribution in [0, 0.1) is 0 Å². The van der Waals surface area contributed by atoms with E-state index in [1.807, 2.05) is 23.1 Å². The van der Waals surface area contributed by atoms with Gasteiger partial charge in [0.05, 0.1) is 6.04 Å². The zero-order chi connectivity index (χ0) is 19.6. The first-order valence-electron chi connectivity index (χ1n) is 9.79. The van der Waals surface area contributed by atoms with Crippen LogP contribution in [0.1, 0.15) is 31.2 Å². The van der Waals surface area contributed by atoms with Crippen LogP contribution in [0.25, 0.3) is 0 Å². The average molecular weight is 448 g/mol. The van der Waals surface area contributed by atoms with E-state index >= 15 is 0 Å². The van der Waals surface area contributed by atoms with E-state index in [1.165, 1.54) is 5.56 Å². The van der Waals surface area contributed by atoms with E-state index in [2.05, 4.69) is 29.4 Å². The number of urea groups is 1. The lowest BCUT2D eigenvalue weighted by Crippen LogP contribution is -2.52. The first kappa shape index (κ1) is 27.5. The van der Waals surface area contributed by atoms with E-state index in [-0.39, 0.29) is 36.8 Å². The van der Waals surface area contributed by atoms with E-state index < -0.39 is 12.1 Å². The number of rotatable bonds is 9. The monoisotopic (exact) mass is 447 g/mol. The number of benzene rings is 1. The molecule has 0 bridgehead atoms. The summed E-state index contributed by atoms with van der Waals surface area (Å²) in [6.45, 7) is 3.12. The minimum atomic E-state index is -0.550. The Morgan fingerprint density at radius 3 is 2.41 bits per heavy atom. The number of amides is 3. The van der Waals surface area contributed by atoms with Crippen molar-refractivity contribution >= 4 is 36.8 Å². The normalized spacial score (nSPS) is 15.5. The molecular formula is C20H35Cl2N5O2. The molecule has 0 saturated carbocycles. The molecule has 0 spiro atoms. The lowest BCUT2D eigenvalue weighted by atomic mass is 10.0. The van der Waals surface area contributed by atoms with Crippen LogP contribution >= 0.6 is 24.8 Å². The Balaban J connectivity index is 0.00000392. The minimum absolute atomic E-state index is 0. The Morgan fingerprint density at radius 2 is 1.83 bits per heavy atom. The molecule has 9 heteroatoms. The number of nitrogens with one attached hydrogen (secondary N) is 1. The predicted octanol–water partition coefficient (Wildman–Crippen LogP) is 1.77. The Bertz CT molecular complexity index is 598. The summed E-state index contributed by atoms with van der Waals surface area (Å²) in [6, 6.07) is 9.37. The van der Waals surface area contributed by atoms with Gasteiger partial charge in [-0.2, -0.15) is 0 Å². The maximum atomic E-state index is 13.0. The van der Waals surface area contributed by atoms with Gasteiger partial charge in [-0.25, -0.2) is 4.79 Å². The van der Waals surface area contributed by atoms with E-state index in [4.69, 9.17) is 11.5 Å². The van der Waals surface area contributed by atoms with Crippen molar-refractivity contribution in [3.05, 3.63) is 35.9 Å². The fourth-order valence-corrected chi connectivity index (χ4v) is 3.54. The maximum Gasteiger partial charge on any atom is 0.312 e. The first-order valence-corrected chi connectivity index (χ1v) is 9.79. The molecule has 5 N–H and O–H groups in total. The molecule has 0 unspecified atom stereocenters. The van der Waals surface area contributed by atoms with E-state index in [0.29, 0.717) is 25.9 Å². The van der Waals surface area contributed by atoms with Crippen molar-refractivity contribution in [1.29, 1.82) is 0 Å². The van der Waals surface area contributed by atoms with Gasteiger partial charge >= 0.3 is 6.03 Å². The molecule has 0 radical (unpaired) electrons. The van der Waals surface area contributed by atoms with Crippen molar-refractivity contribution in [3.63, 3.8) is 0 Å². The molecule has 3 amide bonds. The second-order valence-electron chi connectivity index (χ2n) is 7.34. The number of carbonyl (C=O) groups excluding carboxylic acids is 2. The molecule has 1 aromatic rings. The number of hydrogen-bond donors (Lipinski definition) is 3. The quantitative estimate of drug-likeness (QED) is 0.501. The minimum Gasteiger partial charge on any atom is -0.352 e. The summed E-state index contributed by atoms with van der Waals surface area (Å²) in [4.78, 5) is 28.1. The van der Waals surface area contributed by atoms with Gasteiger partial charge in [-0.15, -0.1) is 24.8 Å². The summed E-state index contributed by atoms with van der Waals surface area (Å²) in [7, 11) is 2.11. The van der Waals surface area contributed by atoms with Gasteiger partial charge in [-0.1, -0.05) is 30.3 Å². The highest BCUT2D eigenvalue weighted by atomic mass is 35.5. The van der Waals surface area contributed by atoms with Crippen LogP contribution in [0.5, 0.6) is 0 Å². The Hall–Kier alpha value is -1.54. The van der Waals surface area contributed by atoms with E-state index in [1.54, 1.807) is 0 Å². The maximum absolute atomic E-state index is 13.0. The van der Waals surface area contributed by atoms with Crippen molar-refractivity contribution in [2.75, 3.05) is 33.2 Å². The number of likely N-dealkylation sites (tertiary alicyclic amines) is 1. The molecule has 1 fully saturated rings. The molecule has 2 rings (SSSR count). The molecule has 1 aliphatic rings. The number of nitrogens with zero attached hydrogens (tertiary/aromatic N) is 2. The van der Waals surface area contributed by atoms with Crippen molar-refractivity contribution in [2.24, 2.45) is 11.5 Å². The van der Waals surface area contributed by atoms with Crippen molar-refractivity contribution in [3.8, 4) is 0 Å². The van der Waals surface area contributed by atoms with Crippen LogP contribution in [0.2, 0.25) is 0 Å². The summed E-state index contributed by atoms with van der Waals surface area (Å²) in [5, 5.41) is 2.54. The summed E-state index contributed by atoms with van der Waals surface area (Å²) in [5.41, 5.74) is 12.5. The van der Waals surface area contributed by atoms with Gasteiger partial charge < -0.3 is 26.6 Å². The third-order valence-corrected chi connectivity index (χ3v) is 5.20. The average Bonchev–Trinajstić information content (AvgIpc) is 2.67. The third-order valence-electron chi connectivity index (χ3n) is 5.20. The van der Waals surface area contributed by atoms with Gasteiger partial charge in [0.1, 0.15) is 0 Å². The van der Waals surface area contributed by atoms with Crippen molar-refractivity contribution in [1.82, 2.24) is 15.1 Å². The highest BCUT2D eigenvalue weighted by molar-refractivity contribution is 5.85. The van der Waals surface area contributed by atoms with Crippen LogP contribution in [-0.2, 0) is 11.2 Å². The van der Waals surface area contributed by atoms with Gasteiger partial charge in [-0.05, 0) is 57.8 Å². The number of nitrogens with two attached hydrogens (primary N) is 2. The largest absolute Gasteiger partial charge is 0.352 e. The third kappa shape index (κ3) is 9.67. The van der Waals surface area contributed by atoms with Crippen LogP contribution in [0.3, 0.4) is 0 Å². The molecule has 1 atom stereocenters. The SMILES string of the molecule is CN1CCC(N(CCc2ccccc2)C(=O)[C@@H](N)CCCNC(N)=O)CC1.Cl.Cl. The van der Waals surface area contributed by atoms with Gasteiger partial charge in [0.25, 0.3) is 0 Å². The van der Waals surface area contributed by atoms with Crippen LogP contribution in [-0.4, -0.2) is 67.0 Å². The number of carbonyl (C=O) groups is 2. The van der Waals surface area contributed by atoms with E-state index in [9.17, 15) is 9.59 Å². The predicted molar refractivity (Wildman–Crippen MR) is 122 cm³/mol. The molecular weight excluding hydrogens is 413 g/mol. The number of piperidine rings is 1. The summed E-state index contributed by atoms with van der Waals surface area (Å²) in [6.07, 6.45) is 3.96. The van der Waals surface area contributed by atoms with Gasteiger partial charge in [-0.3, -0.25) is 4.79 Å². The molecule has 1 heterocycles. The number of halogens is 2. The Kier molecular flexibility index (Phi) is 13.7. The smallest absolute Gasteiger partial charge is 0.312 e. The highest BCUT2D eigenvalue weighted by Gasteiger charge is 2.29. The van der Waals surface area contributed by atoms with Crippen LogP contribution in [0.4, 0.5) is 4.79 Å². The van der Waals surface area contributed by atoms with Crippen molar-refractivity contribution in [2.45, 2.75) is 44.2 Å². The zero-order valence-corrected chi connectivity index (χ0v) is 18.7. The number of hydrogen-bond acceptors (Lipinski definition) is 4. The molecule has 1 aliphatic heterocycles. The standard InChI is InChI=1S/C20H33N5O2.2ClH/c1-24-13-10-17(11-14-24)25(15-9-16-6-3-2-4-7-16)19(26)18(21)8-5-12-23-20(22)27;;/h2-4,6-7,17-18H,5,8-15,21H2,1H3,(H3,22,23,27);2*1H/t18-;;/m0../s1. The first-order chi connectivity index (χ1) is 13.0. The van der Waals surface area contributed by atoms with Gasteiger partial charge in [0.2, 0.25) is 5.91 Å². The molecule has 0 aliphatic carbocycles. The molecule has 29 heavy (non-hydrogen) atoms. The molecule has 0 aromatic heterocycles. The van der Waals surface area contributed by atoms with Crippen LogP contribution in [0.15, 0.2) is 30.3 Å². The van der Waals surface area contributed by atoms with E-state index in [0.717, 1.165) is 32.4 Å². The zero-order valence-electron chi connectivity index (χ0n) is 17.1. The summed E-state index contributed by atoms with van der Waals surface area (Å²) in [5.74, 6) is 0.0135. The lowest BCUT2D eigenvalue weighted by Gasteiger charge is -2.38. The lowest BCUT2D eigenvalue weighted by molar-refractivity contribution is -0.136. The van der Waals surface area contributed by atoms with Crippen molar-refractivity contribution < 1.29 is 9.59 Å². The van der Waals surface area contributed by atoms with Gasteiger partial charge in [0, 0.05) is 19.1 Å². The second kappa shape index (κ2) is 14.4. The second-order valence-corrected chi connectivity index (χ2v) is 7.34. The van der Waals surface area contributed by atoms with Gasteiger partial charge in [0.15, 0.2) is 0 Å². The van der Waals surface area contributed by atoms with Crippen LogP contribution < -0.4 is 16.8 Å². The molecule has 1 saturated heterocycles.